The van der Waals surface area contributed by atoms with E-state index in [0.29, 0.717) is 47.0 Å². The van der Waals surface area contributed by atoms with Gasteiger partial charge < -0.3 is 26.1 Å². The number of anilines is 4. The van der Waals surface area contributed by atoms with Gasteiger partial charge in [-0.3, -0.25) is 4.79 Å². The lowest BCUT2D eigenvalue weighted by molar-refractivity contribution is -0.110. The molecule has 0 atom stereocenters. The van der Waals surface area contributed by atoms with Crippen molar-refractivity contribution in [3.8, 4) is 0 Å². The number of hydrazine groups is 1. The molecule has 6 N–H and O–H groups in total. The fraction of sp³-hybridized carbons (Fsp3) is 0.429. The van der Waals surface area contributed by atoms with Gasteiger partial charge in [-0.1, -0.05) is 12.8 Å². The van der Waals surface area contributed by atoms with Gasteiger partial charge >= 0.3 is 0 Å². The number of methoxy groups -OCH3 is 1. The summed E-state index contributed by atoms with van der Waals surface area (Å²) in [6, 6.07) is 7.95. The monoisotopic (exact) mass is 441 g/mol. The molecule has 0 unspecified atom stereocenters. The van der Waals surface area contributed by atoms with Gasteiger partial charge in [0.25, 0.3) is 0 Å². The van der Waals surface area contributed by atoms with Crippen LogP contribution in [0.3, 0.4) is 0 Å². The summed E-state index contributed by atoms with van der Waals surface area (Å²) < 4.78 is 6.87. The van der Waals surface area contributed by atoms with Crippen LogP contribution in [0.25, 0.3) is 5.65 Å². The second-order valence-electron chi connectivity index (χ2n) is 7.75. The van der Waals surface area contributed by atoms with E-state index in [1.54, 1.807) is 18.7 Å². The Morgan fingerprint density at radius 1 is 1.28 bits per heavy atom. The molecule has 3 aromatic rings. The molecule has 1 aliphatic rings. The van der Waals surface area contributed by atoms with Crippen LogP contribution in [-0.4, -0.2) is 46.4 Å². The third-order valence-corrected chi connectivity index (χ3v) is 5.25. The molecule has 0 spiro atoms. The van der Waals surface area contributed by atoms with E-state index in [2.05, 4.69) is 25.9 Å². The maximum absolute atomic E-state index is 9.85. The minimum atomic E-state index is 0.451. The predicted octanol–water partition coefficient (Wildman–Crippen LogP) is 1.89. The van der Waals surface area contributed by atoms with Crippen LogP contribution in [0.5, 0.6) is 0 Å². The molecule has 2 aromatic heterocycles. The van der Waals surface area contributed by atoms with E-state index in [0.717, 1.165) is 12.0 Å². The Labute approximate surface area is 187 Å². The Balaban J connectivity index is 0.000000305. The lowest BCUT2D eigenvalue weighted by Crippen LogP contribution is -2.26. The van der Waals surface area contributed by atoms with Gasteiger partial charge in [-0.05, 0) is 49.6 Å². The van der Waals surface area contributed by atoms with Crippen molar-refractivity contribution >= 4 is 34.9 Å². The fourth-order valence-electron chi connectivity index (χ4n) is 3.63. The second kappa shape index (κ2) is 10.7. The van der Waals surface area contributed by atoms with Crippen molar-refractivity contribution in [2.75, 3.05) is 30.2 Å². The van der Waals surface area contributed by atoms with Gasteiger partial charge in [0.1, 0.15) is 0 Å². The molecule has 0 bridgehead atoms. The summed E-state index contributed by atoms with van der Waals surface area (Å²) in [5, 5.41) is 19.9. The van der Waals surface area contributed by atoms with Gasteiger partial charge in [-0.2, -0.15) is 4.52 Å². The van der Waals surface area contributed by atoms with E-state index < -0.39 is 0 Å². The SMILES string of the molecule is COCc1cc(Nc2ccc3nnc(C)n3n2)c(N)c(N(C)N)c1.O=CNC1CCCC1. The van der Waals surface area contributed by atoms with Gasteiger partial charge in [0.05, 0.1) is 23.7 Å². The van der Waals surface area contributed by atoms with Crippen molar-refractivity contribution in [2.45, 2.75) is 45.3 Å². The average molecular weight is 442 g/mol. The zero-order valence-corrected chi connectivity index (χ0v) is 18.7. The first-order valence-corrected chi connectivity index (χ1v) is 10.5. The largest absolute Gasteiger partial charge is 0.395 e. The molecule has 2 heterocycles. The Morgan fingerprint density at radius 3 is 2.69 bits per heavy atom. The predicted molar refractivity (Wildman–Crippen MR) is 124 cm³/mol. The van der Waals surface area contributed by atoms with Crippen molar-refractivity contribution in [3.63, 3.8) is 0 Å². The zero-order chi connectivity index (χ0) is 23.1. The summed E-state index contributed by atoms with van der Waals surface area (Å²) in [5.74, 6) is 7.20. The number of nitrogen functional groups attached to an aromatic ring is 1. The molecule has 1 fully saturated rings. The number of hydrogen-bond acceptors (Lipinski definition) is 9. The van der Waals surface area contributed by atoms with E-state index in [1.807, 2.05) is 31.2 Å². The average Bonchev–Trinajstić information content (AvgIpc) is 3.41. The van der Waals surface area contributed by atoms with Gasteiger partial charge in [-0.25, -0.2) is 5.84 Å². The molecule has 172 valence electrons. The maximum atomic E-state index is 9.85. The third kappa shape index (κ3) is 5.62. The van der Waals surface area contributed by atoms with E-state index in [9.17, 15) is 4.79 Å². The van der Waals surface area contributed by atoms with E-state index in [4.69, 9.17) is 16.3 Å². The lowest BCUT2D eigenvalue weighted by atomic mass is 10.1. The highest BCUT2D eigenvalue weighted by molar-refractivity contribution is 5.83. The summed E-state index contributed by atoms with van der Waals surface area (Å²) in [4.78, 5) is 9.85. The van der Waals surface area contributed by atoms with Gasteiger partial charge in [0, 0.05) is 20.2 Å². The number of amides is 1. The number of aryl methyl sites for hydroxylation is 1. The van der Waals surface area contributed by atoms with Crippen LogP contribution < -0.4 is 27.2 Å². The van der Waals surface area contributed by atoms with Crippen LogP contribution in [0, 0.1) is 6.92 Å². The third-order valence-electron chi connectivity index (χ3n) is 5.25. The number of carbonyl (C=O) groups excluding carboxylic acids is 1. The molecule has 0 saturated heterocycles. The number of rotatable bonds is 7. The minimum Gasteiger partial charge on any atom is -0.395 e. The number of nitrogens with one attached hydrogen (secondary N) is 2. The van der Waals surface area contributed by atoms with Crippen molar-refractivity contribution < 1.29 is 9.53 Å². The molecule has 32 heavy (non-hydrogen) atoms. The first-order valence-electron chi connectivity index (χ1n) is 10.5. The standard InChI is InChI=1S/C15H20N8O.C6H11NO/c1-9-19-20-14-5-4-13(21-23(9)14)18-11-6-10(8-24-3)7-12(15(11)16)22(2)17;8-5-7-6-3-1-2-4-6/h4-7H,8,16-17H2,1-3H3,(H,18,21);5-6H,1-4H2,(H,7,8). The number of fused-ring (bicyclic) bond motifs is 1. The molecule has 0 radical (unpaired) electrons. The molecule has 1 aromatic carbocycles. The molecule has 0 aliphatic heterocycles. The molecule has 4 rings (SSSR count). The number of aromatic nitrogens is 4. The number of benzene rings is 1. The first kappa shape index (κ1) is 23.2. The van der Waals surface area contributed by atoms with Crippen molar-refractivity contribution in [1.29, 1.82) is 0 Å². The van der Waals surface area contributed by atoms with Crippen LogP contribution in [0.15, 0.2) is 24.3 Å². The number of nitrogens with zero attached hydrogens (tertiary/aromatic N) is 5. The summed E-state index contributed by atoms with van der Waals surface area (Å²) in [7, 11) is 3.37. The Bertz CT molecular complexity index is 1050. The van der Waals surface area contributed by atoms with Crippen molar-refractivity contribution in [1.82, 2.24) is 25.1 Å². The summed E-state index contributed by atoms with van der Waals surface area (Å²) in [6.45, 7) is 2.29. The molecular formula is C21H31N9O2. The highest BCUT2D eigenvalue weighted by Gasteiger charge is 2.13. The number of nitrogens with two attached hydrogens (primary N) is 2. The molecule has 11 heteroatoms. The Kier molecular flexibility index (Phi) is 7.79. The summed E-state index contributed by atoms with van der Waals surface area (Å²) >= 11 is 0. The van der Waals surface area contributed by atoms with Gasteiger partial charge in [-0.15, -0.1) is 15.3 Å². The van der Waals surface area contributed by atoms with Crippen LogP contribution in [0.1, 0.15) is 37.1 Å². The molecule has 1 amide bonds. The van der Waals surface area contributed by atoms with E-state index in [-0.39, 0.29) is 0 Å². The van der Waals surface area contributed by atoms with Crippen molar-refractivity contribution in [2.24, 2.45) is 5.84 Å². The number of carbonyl (C=O) groups is 1. The second-order valence-corrected chi connectivity index (χ2v) is 7.75. The van der Waals surface area contributed by atoms with E-state index in [1.165, 1.54) is 30.7 Å². The maximum Gasteiger partial charge on any atom is 0.207 e. The zero-order valence-electron chi connectivity index (χ0n) is 18.7. The van der Waals surface area contributed by atoms with Crippen LogP contribution >= 0.6 is 0 Å². The highest BCUT2D eigenvalue weighted by Crippen LogP contribution is 2.33. The van der Waals surface area contributed by atoms with Crippen LogP contribution in [0.4, 0.5) is 22.9 Å². The summed E-state index contributed by atoms with van der Waals surface area (Å²) in [6.07, 6.45) is 5.73. The lowest BCUT2D eigenvalue weighted by Gasteiger charge is -2.19. The number of hydrogen-bond donors (Lipinski definition) is 4. The Hall–Kier alpha value is -3.44. The minimum absolute atomic E-state index is 0.451. The Morgan fingerprint density at radius 2 is 2.03 bits per heavy atom. The highest BCUT2D eigenvalue weighted by atomic mass is 16.5. The smallest absolute Gasteiger partial charge is 0.207 e. The molecular weight excluding hydrogens is 410 g/mol. The molecule has 1 saturated carbocycles. The van der Waals surface area contributed by atoms with E-state index >= 15 is 0 Å². The van der Waals surface area contributed by atoms with Gasteiger partial charge in [0.2, 0.25) is 6.41 Å². The fourth-order valence-corrected chi connectivity index (χ4v) is 3.63. The quantitative estimate of drug-likeness (QED) is 0.187. The normalized spacial score (nSPS) is 13.5. The summed E-state index contributed by atoms with van der Waals surface area (Å²) in [5.41, 5.74) is 9.80. The molecule has 11 nitrogen and oxygen atoms in total. The first-order chi connectivity index (χ1) is 15.4. The van der Waals surface area contributed by atoms with Crippen molar-refractivity contribution in [3.05, 3.63) is 35.7 Å². The van der Waals surface area contributed by atoms with Crippen LogP contribution in [-0.2, 0) is 16.1 Å². The van der Waals surface area contributed by atoms with Gasteiger partial charge in [0.15, 0.2) is 17.3 Å². The number of ether oxygens (including phenoxy) is 1. The van der Waals surface area contributed by atoms with Crippen LogP contribution in [0.2, 0.25) is 0 Å². The molecule has 1 aliphatic carbocycles. The topological polar surface area (TPSA) is 149 Å².